The van der Waals surface area contributed by atoms with Gasteiger partial charge >= 0.3 is 12.0 Å². The fourth-order valence-electron chi connectivity index (χ4n) is 1.79. The molecule has 0 bridgehead atoms. The Hall–Kier alpha value is -0.910. The number of nitrogens with zero attached hydrogens (tertiary/aromatic N) is 2. The molecule has 6 heteroatoms. The number of hydrogen-bond donors (Lipinski definition) is 1. The Morgan fingerprint density at radius 1 is 1.53 bits per heavy atom. The van der Waals surface area contributed by atoms with Crippen LogP contribution in [0.5, 0.6) is 0 Å². The molecule has 1 atom stereocenters. The molecule has 1 fully saturated rings. The number of thioether (sulfide) groups is 1. The molecule has 1 unspecified atom stereocenters. The Morgan fingerprint density at radius 2 is 2.24 bits per heavy atom. The standard InChI is InChI=1S/C11H20N2O3S/c1-9-8-17-7-6-13(9)11(16)12(2)5-3-4-10(14)15/h9H,3-8H2,1-2H3,(H,14,15). The maximum absolute atomic E-state index is 12.1. The van der Waals surface area contributed by atoms with Crippen molar-refractivity contribution >= 4 is 23.8 Å². The number of hydrogen-bond acceptors (Lipinski definition) is 3. The fraction of sp³-hybridized carbons (Fsp3) is 0.818. The van der Waals surface area contributed by atoms with Crippen LogP contribution in [-0.2, 0) is 4.79 Å². The monoisotopic (exact) mass is 260 g/mol. The highest BCUT2D eigenvalue weighted by Gasteiger charge is 2.25. The van der Waals surface area contributed by atoms with Crippen molar-refractivity contribution < 1.29 is 14.7 Å². The molecular weight excluding hydrogens is 240 g/mol. The molecule has 0 aliphatic carbocycles. The lowest BCUT2D eigenvalue weighted by molar-refractivity contribution is -0.137. The number of carbonyl (C=O) groups excluding carboxylic acids is 1. The van der Waals surface area contributed by atoms with Gasteiger partial charge in [-0.2, -0.15) is 11.8 Å². The molecule has 0 radical (unpaired) electrons. The third-order valence-electron chi connectivity index (χ3n) is 2.82. The van der Waals surface area contributed by atoms with E-state index in [9.17, 15) is 9.59 Å². The first-order chi connectivity index (χ1) is 8.02. The SMILES string of the molecule is CC1CSCCN1C(=O)N(C)CCCC(=O)O. The van der Waals surface area contributed by atoms with Gasteiger partial charge in [-0.3, -0.25) is 4.79 Å². The maximum Gasteiger partial charge on any atom is 0.320 e. The summed E-state index contributed by atoms with van der Waals surface area (Å²) in [5, 5.41) is 8.54. The van der Waals surface area contributed by atoms with Gasteiger partial charge in [-0.25, -0.2) is 4.79 Å². The molecule has 1 aliphatic rings. The van der Waals surface area contributed by atoms with Crippen molar-refractivity contribution in [2.24, 2.45) is 0 Å². The van der Waals surface area contributed by atoms with Crippen LogP contribution >= 0.6 is 11.8 Å². The van der Waals surface area contributed by atoms with Crippen molar-refractivity contribution in [3.8, 4) is 0 Å². The quantitative estimate of drug-likeness (QED) is 0.828. The minimum absolute atomic E-state index is 0.0168. The van der Waals surface area contributed by atoms with Gasteiger partial charge in [-0.05, 0) is 13.3 Å². The summed E-state index contributed by atoms with van der Waals surface area (Å²) in [6.45, 7) is 3.34. The molecule has 1 saturated heterocycles. The summed E-state index contributed by atoms with van der Waals surface area (Å²) in [6, 6.07) is 0.284. The van der Waals surface area contributed by atoms with Crippen LogP contribution in [0.15, 0.2) is 0 Å². The van der Waals surface area contributed by atoms with Crippen molar-refractivity contribution in [2.45, 2.75) is 25.8 Å². The van der Waals surface area contributed by atoms with Crippen LogP contribution in [0.25, 0.3) is 0 Å². The average Bonchev–Trinajstić information content (AvgIpc) is 2.28. The maximum atomic E-state index is 12.1. The summed E-state index contributed by atoms with van der Waals surface area (Å²) in [6.07, 6.45) is 0.623. The van der Waals surface area contributed by atoms with Crippen LogP contribution in [0, 0.1) is 0 Å². The Balaban J connectivity index is 2.37. The van der Waals surface area contributed by atoms with Gasteiger partial charge in [0.1, 0.15) is 0 Å². The summed E-state index contributed by atoms with van der Waals surface area (Å²) in [7, 11) is 1.73. The second-order valence-corrected chi connectivity index (χ2v) is 5.47. The minimum atomic E-state index is -0.811. The van der Waals surface area contributed by atoms with Crippen molar-refractivity contribution in [2.75, 3.05) is 31.6 Å². The fourth-order valence-corrected chi connectivity index (χ4v) is 2.81. The van der Waals surface area contributed by atoms with Gasteiger partial charge in [-0.1, -0.05) is 0 Å². The summed E-state index contributed by atoms with van der Waals surface area (Å²) in [5.74, 6) is 1.15. The summed E-state index contributed by atoms with van der Waals surface area (Å²) >= 11 is 1.87. The molecule has 1 rings (SSSR count). The van der Waals surface area contributed by atoms with Gasteiger partial charge in [-0.15, -0.1) is 0 Å². The molecule has 0 aromatic rings. The normalized spacial score (nSPS) is 20.1. The number of rotatable bonds is 4. The Kier molecular flexibility index (Phi) is 5.61. The molecule has 0 aromatic carbocycles. The van der Waals surface area contributed by atoms with Crippen molar-refractivity contribution in [3.05, 3.63) is 0 Å². The Labute approximate surface area is 106 Å². The summed E-state index contributed by atoms with van der Waals surface area (Å²) in [4.78, 5) is 26.0. The number of carboxylic acid groups (broad SMARTS) is 1. The lowest BCUT2D eigenvalue weighted by Gasteiger charge is -2.35. The van der Waals surface area contributed by atoms with Crippen LogP contribution < -0.4 is 0 Å². The molecule has 1 aliphatic heterocycles. The molecule has 2 amide bonds. The van der Waals surface area contributed by atoms with Crippen LogP contribution in [-0.4, -0.2) is 64.6 Å². The van der Waals surface area contributed by atoms with E-state index >= 15 is 0 Å². The molecule has 1 heterocycles. The molecule has 0 spiro atoms. The van der Waals surface area contributed by atoms with Gasteiger partial charge in [0, 0.05) is 44.1 Å². The van der Waals surface area contributed by atoms with E-state index in [-0.39, 0.29) is 18.5 Å². The second kappa shape index (κ2) is 6.74. The van der Waals surface area contributed by atoms with Gasteiger partial charge in [0.25, 0.3) is 0 Å². The summed E-state index contributed by atoms with van der Waals surface area (Å²) < 4.78 is 0. The first-order valence-electron chi connectivity index (χ1n) is 5.83. The van der Waals surface area contributed by atoms with Crippen molar-refractivity contribution in [3.63, 3.8) is 0 Å². The van der Waals surface area contributed by atoms with E-state index in [1.165, 1.54) is 0 Å². The van der Waals surface area contributed by atoms with E-state index in [0.717, 1.165) is 18.1 Å². The highest BCUT2D eigenvalue weighted by molar-refractivity contribution is 7.99. The zero-order valence-corrected chi connectivity index (χ0v) is 11.2. The van der Waals surface area contributed by atoms with E-state index in [4.69, 9.17) is 5.11 Å². The third-order valence-corrected chi connectivity index (χ3v) is 4.01. The Morgan fingerprint density at radius 3 is 2.82 bits per heavy atom. The Bertz CT molecular complexity index is 286. The highest BCUT2D eigenvalue weighted by Crippen LogP contribution is 2.17. The van der Waals surface area contributed by atoms with E-state index in [2.05, 4.69) is 6.92 Å². The molecular formula is C11H20N2O3S. The van der Waals surface area contributed by atoms with Crippen LogP contribution in [0.2, 0.25) is 0 Å². The minimum Gasteiger partial charge on any atom is -0.481 e. The smallest absolute Gasteiger partial charge is 0.320 e. The van der Waals surface area contributed by atoms with Crippen molar-refractivity contribution in [1.82, 2.24) is 9.80 Å². The molecule has 5 nitrogen and oxygen atoms in total. The number of urea groups is 1. The average molecular weight is 260 g/mol. The first kappa shape index (κ1) is 14.2. The molecule has 0 saturated carbocycles. The molecule has 0 aromatic heterocycles. The largest absolute Gasteiger partial charge is 0.481 e. The first-order valence-corrected chi connectivity index (χ1v) is 6.99. The van der Waals surface area contributed by atoms with Crippen LogP contribution in [0.3, 0.4) is 0 Å². The number of amides is 2. The highest BCUT2D eigenvalue weighted by atomic mass is 32.2. The van der Waals surface area contributed by atoms with Crippen LogP contribution in [0.4, 0.5) is 4.79 Å². The zero-order chi connectivity index (χ0) is 12.8. The summed E-state index contributed by atoms with van der Waals surface area (Å²) in [5.41, 5.74) is 0. The van der Waals surface area contributed by atoms with E-state index in [1.54, 1.807) is 11.9 Å². The molecule has 17 heavy (non-hydrogen) atoms. The predicted octanol–water partition coefficient (Wildman–Crippen LogP) is 1.34. The number of carboxylic acids is 1. The van der Waals surface area contributed by atoms with Gasteiger partial charge in [0.05, 0.1) is 0 Å². The van der Waals surface area contributed by atoms with E-state index in [0.29, 0.717) is 13.0 Å². The lowest BCUT2D eigenvalue weighted by Crippen LogP contribution is -2.50. The topological polar surface area (TPSA) is 60.9 Å². The number of carbonyl (C=O) groups is 2. The van der Waals surface area contributed by atoms with Crippen LogP contribution in [0.1, 0.15) is 19.8 Å². The second-order valence-electron chi connectivity index (χ2n) is 4.32. The van der Waals surface area contributed by atoms with E-state index < -0.39 is 5.97 Å². The van der Waals surface area contributed by atoms with Crippen molar-refractivity contribution in [1.29, 1.82) is 0 Å². The van der Waals surface area contributed by atoms with Gasteiger partial charge < -0.3 is 14.9 Å². The van der Waals surface area contributed by atoms with Gasteiger partial charge in [0.2, 0.25) is 0 Å². The van der Waals surface area contributed by atoms with Gasteiger partial charge in [0.15, 0.2) is 0 Å². The molecule has 1 N–H and O–H groups in total. The van der Waals surface area contributed by atoms with E-state index in [1.807, 2.05) is 16.7 Å². The zero-order valence-electron chi connectivity index (χ0n) is 10.4. The molecule has 98 valence electrons. The number of aliphatic carboxylic acids is 1. The third kappa shape index (κ3) is 4.46. The lowest BCUT2D eigenvalue weighted by atomic mass is 10.3. The predicted molar refractivity (Wildman–Crippen MR) is 68.4 cm³/mol.